The van der Waals surface area contributed by atoms with Crippen LogP contribution in [0.1, 0.15) is 11.3 Å². The second-order valence-corrected chi connectivity index (χ2v) is 5.12. The van der Waals surface area contributed by atoms with Crippen molar-refractivity contribution in [2.45, 2.75) is 13.0 Å². The number of thiocarbonyl (C=S) groups is 1. The zero-order valence-corrected chi connectivity index (χ0v) is 11.1. The molecule has 0 aromatic carbocycles. The number of hydrogen-bond donors (Lipinski definition) is 1. The minimum Gasteiger partial charge on any atom is -0.393 e. The molecular weight excluding hydrogens is 240 g/mol. The average molecular weight is 258 g/mol. The molecule has 2 N–H and O–H groups in total. The predicted octanol–water partition coefficient (Wildman–Crippen LogP) is 1.87. The number of hydrogen-bond acceptors (Lipinski definition) is 4. The summed E-state index contributed by atoms with van der Waals surface area (Å²) in [7, 11) is 1.72. The molecule has 0 aliphatic carbocycles. The summed E-state index contributed by atoms with van der Waals surface area (Å²) < 4.78 is 5.10. The lowest BCUT2D eigenvalue weighted by atomic mass is 10.3. The summed E-state index contributed by atoms with van der Waals surface area (Å²) in [6.45, 7) is 3.50. The maximum atomic E-state index is 5.52. The van der Waals surface area contributed by atoms with E-state index >= 15 is 0 Å². The number of rotatable bonds is 8. The Bertz CT molecular complexity index is 301. The van der Waals surface area contributed by atoms with Gasteiger partial charge in [0.15, 0.2) is 0 Å². The van der Waals surface area contributed by atoms with Crippen molar-refractivity contribution in [3.8, 4) is 0 Å². The minimum absolute atomic E-state index is 0.577. The first-order chi connectivity index (χ1) is 7.72. The van der Waals surface area contributed by atoms with E-state index in [4.69, 9.17) is 22.7 Å². The maximum absolute atomic E-state index is 5.52. The fraction of sp³-hybridized carbons (Fsp3) is 0.545. The Hall–Kier alpha value is -0.490. The molecule has 0 bridgehead atoms. The van der Waals surface area contributed by atoms with Gasteiger partial charge in [0, 0.05) is 38.0 Å². The van der Waals surface area contributed by atoms with Gasteiger partial charge in [0.2, 0.25) is 0 Å². The van der Waals surface area contributed by atoms with Gasteiger partial charge >= 0.3 is 0 Å². The van der Waals surface area contributed by atoms with Crippen molar-refractivity contribution in [1.29, 1.82) is 0 Å². The fourth-order valence-corrected chi connectivity index (χ4v) is 2.22. The van der Waals surface area contributed by atoms with Crippen molar-refractivity contribution < 1.29 is 4.74 Å². The first-order valence-electron chi connectivity index (χ1n) is 5.24. The minimum atomic E-state index is 0.577. The summed E-state index contributed by atoms with van der Waals surface area (Å²) in [5, 5.41) is 2.09. The van der Waals surface area contributed by atoms with Crippen LogP contribution < -0.4 is 5.73 Å². The highest BCUT2D eigenvalue weighted by Crippen LogP contribution is 2.11. The number of ether oxygens (including phenoxy) is 1. The van der Waals surface area contributed by atoms with Crippen LogP contribution >= 0.6 is 23.6 Å². The lowest BCUT2D eigenvalue weighted by Crippen LogP contribution is -2.30. The van der Waals surface area contributed by atoms with Gasteiger partial charge in [-0.1, -0.05) is 18.3 Å². The molecule has 0 saturated carbocycles. The number of nitrogens with two attached hydrogens (primary N) is 1. The second-order valence-electron chi connectivity index (χ2n) is 3.56. The molecule has 0 unspecified atom stereocenters. The third kappa shape index (κ3) is 5.55. The molecule has 0 spiro atoms. The van der Waals surface area contributed by atoms with Crippen LogP contribution in [0.5, 0.6) is 0 Å². The lowest BCUT2D eigenvalue weighted by Gasteiger charge is -2.20. The van der Waals surface area contributed by atoms with Crippen molar-refractivity contribution >= 4 is 28.5 Å². The molecule has 16 heavy (non-hydrogen) atoms. The van der Waals surface area contributed by atoms with Crippen LogP contribution in [0.15, 0.2) is 17.5 Å². The molecule has 3 nitrogen and oxygen atoms in total. The first kappa shape index (κ1) is 13.6. The van der Waals surface area contributed by atoms with E-state index in [1.165, 1.54) is 4.88 Å². The molecule has 5 heteroatoms. The van der Waals surface area contributed by atoms with Crippen molar-refractivity contribution in [3.63, 3.8) is 0 Å². The average Bonchev–Trinajstić information content (AvgIpc) is 2.74. The Morgan fingerprint density at radius 1 is 1.56 bits per heavy atom. The van der Waals surface area contributed by atoms with Crippen LogP contribution in [-0.4, -0.2) is 36.7 Å². The molecule has 0 saturated heterocycles. The number of nitrogens with zero attached hydrogens (tertiary/aromatic N) is 1. The molecule has 1 aromatic heterocycles. The third-order valence-corrected chi connectivity index (χ3v) is 3.31. The highest BCUT2D eigenvalue weighted by atomic mass is 32.1. The van der Waals surface area contributed by atoms with E-state index in [0.717, 1.165) is 32.7 Å². The molecule has 0 amide bonds. The Balaban J connectivity index is 2.39. The summed E-state index contributed by atoms with van der Waals surface area (Å²) in [4.78, 5) is 4.25. The molecule has 0 atom stereocenters. The van der Waals surface area contributed by atoms with E-state index in [9.17, 15) is 0 Å². The molecule has 0 aliphatic heterocycles. The molecule has 1 heterocycles. The highest BCUT2D eigenvalue weighted by Gasteiger charge is 2.06. The van der Waals surface area contributed by atoms with E-state index in [0.29, 0.717) is 4.99 Å². The van der Waals surface area contributed by atoms with Gasteiger partial charge in [-0.25, -0.2) is 0 Å². The maximum Gasteiger partial charge on any atom is 0.0740 e. The summed E-state index contributed by atoms with van der Waals surface area (Å²) in [5.41, 5.74) is 5.52. The number of methoxy groups -OCH3 is 1. The Morgan fingerprint density at radius 3 is 2.94 bits per heavy atom. The van der Waals surface area contributed by atoms with Crippen LogP contribution in [0.2, 0.25) is 0 Å². The standard InChI is InChI=1S/C11H18N2OS2/c1-14-7-6-13(5-4-11(12)15)9-10-3-2-8-16-10/h2-3,8H,4-7,9H2,1H3,(H2,12,15). The summed E-state index contributed by atoms with van der Waals surface area (Å²) in [6, 6.07) is 4.22. The van der Waals surface area contributed by atoms with Crippen LogP contribution in [0.3, 0.4) is 0 Å². The third-order valence-electron chi connectivity index (χ3n) is 2.25. The van der Waals surface area contributed by atoms with Gasteiger partial charge in [0.1, 0.15) is 0 Å². The van der Waals surface area contributed by atoms with Gasteiger partial charge in [0.25, 0.3) is 0 Å². The van der Waals surface area contributed by atoms with E-state index in [1.54, 1.807) is 18.4 Å². The predicted molar refractivity (Wildman–Crippen MR) is 72.9 cm³/mol. The molecule has 90 valence electrons. The van der Waals surface area contributed by atoms with Gasteiger partial charge in [-0.2, -0.15) is 0 Å². The molecule has 0 aliphatic rings. The largest absolute Gasteiger partial charge is 0.393 e. The van der Waals surface area contributed by atoms with Gasteiger partial charge in [-0.05, 0) is 11.4 Å². The summed E-state index contributed by atoms with van der Waals surface area (Å²) >= 11 is 6.67. The summed E-state index contributed by atoms with van der Waals surface area (Å²) in [5.74, 6) is 0. The van der Waals surface area contributed by atoms with Gasteiger partial charge in [-0.3, -0.25) is 4.90 Å². The Kier molecular flexibility index (Phi) is 6.56. The Morgan fingerprint density at radius 2 is 2.38 bits per heavy atom. The normalized spacial score (nSPS) is 10.9. The SMILES string of the molecule is COCCN(CCC(N)=S)Cc1cccs1. The zero-order valence-electron chi connectivity index (χ0n) is 9.52. The molecule has 1 aromatic rings. The van der Waals surface area contributed by atoms with E-state index in [2.05, 4.69) is 22.4 Å². The quantitative estimate of drug-likeness (QED) is 0.723. The zero-order chi connectivity index (χ0) is 11.8. The van der Waals surface area contributed by atoms with E-state index in [-0.39, 0.29) is 0 Å². The fourth-order valence-electron chi connectivity index (χ4n) is 1.38. The summed E-state index contributed by atoms with van der Waals surface area (Å²) in [6.07, 6.45) is 0.768. The van der Waals surface area contributed by atoms with Gasteiger partial charge in [-0.15, -0.1) is 11.3 Å². The van der Waals surface area contributed by atoms with Crippen LogP contribution in [-0.2, 0) is 11.3 Å². The lowest BCUT2D eigenvalue weighted by molar-refractivity contribution is 0.146. The van der Waals surface area contributed by atoms with E-state index in [1.807, 2.05) is 0 Å². The second kappa shape index (κ2) is 7.73. The first-order valence-corrected chi connectivity index (χ1v) is 6.53. The van der Waals surface area contributed by atoms with Crippen molar-refractivity contribution in [3.05, 3.63) is 22.4 Å². The molecule has 0 radical (unpaired) electrons. The molecular formula is C11H18N2OS2. The monoisotopic (exact) mass is 258 g/mol. The molecule has 1 rings (SSSR count). The van der Waals surface area contributed by atoms with Crippen molar-refractivity contribution in [1.82, 2.24) is 4.90 Å². The smallest absolute Gasteiger partial charge is 0.0740 e. The number of thiophene rings is 1. The van der Waals surface area contributed by atoms with Crippen LogP contribution in [0.4, 0.5) is 0 Å². The molecule has 0 fully saturated rings. The Labute approximate surface area is 106 Å². The van der Waals surface area contributed by atoms with Gasteiger partial charge < -0.3 is 10.5 Å². The van der Waals surface area contributed by atoms with Gasteiger partial charge in [0.05, 0.1) is 11.6 Å². The van der Waals surface area contributed by atoms with Crippen LogP contribution in [0.25, 0.3) is 0 Å². The van der Waals surface area contributed by atoms with Crippen molar-refractivity contribution in [2.75, 3.05) is 26.8 Å². The van der Waals surface area contributed by atoms with Crippen molar-refractivity contribution in [2.24, 2.45) is 5.73 Å². The van der Waals surface area contributed by atoms with Crippen LogP contribution in [0, 0.1) is 0 Å². The topological polar surface area (TPSA) is 38.5 Å². The highest BCUT2D eigenvalue weighted by molar-refractivity contribution is 7.80. The van der Waals surface area contributed by atoms with E-state index < -0.39 is 0 Å².